The summed E-state index contributed by atoms with van der Waals surface area (Å²) in [6.07, 6.45) is 5.45. The van der Waals surface area contributed by atoms with Crippen LogP contribution in [0.15, 0.2) is 29.4 Å². The van der Waals surface area contributed by atoms with Gasteiger partial charge in [-0.05, 0) is 45.7 Å². The van der Waals surface area contributed by atoms with Gasteiger partial charge in [-0.1, -0.05) is 12.8 Å². The Kier molecular flexibility index (Phi) is 9.77. The molecule has 1 aromatic heterocycles. The number of nitrogens with zero attached hydrogens (tertiary/aromatic N) is 3. The maximum atomic E-state index is 16.3. The Morgan fingerprint density at radius 1 is 1.21 bits per heavy atom. The Labute approximate surface area is 251 Å². The molecule has 43 heavy (non-hydrogen) atoms. The fraction of sp³-hybridized carbons (Fsp3) is 0.484. The first-order chi connectivity index (χ1) is 20.5. The van der Waals surface area contributed by atoms with Gasteiger partial charge in [-0.2, -0.15) is 0 Å². The summed E-state index contributed by atoms with van der Waals surface area (Å²) >= 11 is 0. The van der Waals surface area contributed by atoms with E-state index in [0.717, 1.165) is 18.4 Å². The van der Waals surface area contributed by atoms with Gasteiger partial charge in [-0.3, -0.25) is 9.79 Å². The predicted octanol–water partition coefficient (Wildman–Crippen LogP) is 4.64. The Morgan fingerprint density at radius 2 is 1.93 bits per heavy atom. The molecule has 1 aliphatic carbocycles. The lowest BCUT2D eigenvalue weighted by atomic mass is 9.90. The zero-order chi connectivity index (χ0) is 31.3. The molecule has 12 heteroatoms. The third-order valence-corrected chi connectivity index (χ3v) is 7.45. The van der Waals surface area contributed by atoms with Crippen molar-refractivity contribution in [3.63, 3.8) is 0 Å². The molecule has 2 aromatic rings. The number of rotatable bonds is 9. The highest BCUT2D eigenvalue weighted by Gasteiger charge is 2.37. The number of nitrogens with one attached hydrogen (secondary N) is 2. The maximum absolute atomic E-state index is 16.3. The van der Waals surface area contributed by atoms with Crippen LogP contribution in [0.2, 0.25) is 0 Å². The minimum atomic E-state index is -0.649. The fourth-order valence-corrected chi connectivity index (χ4v) is 5.47. The van der Waals surface area contributed by atoms with E-state index in [1.807, 2.05) is 6.07 Å². The van der Waals surface area contributed by atoms with Crippen LogP contribution in [0.1, 0.15) is 73.6 Å². The number of pyridine rings is 1. The molecule has 4 rings (SSSR count). The van der Waals surface area contributed by atoms with Gasteiger partial charge in [-0.15, -0.1) is 0 Å². The first kappa shape index (κ1) is 31.6. The van der Waals surface area contributed by atoms with E-state index in [0.29, 0.717) is 29.9 Å². The highest BCUT2D eigenvalue weighted by Crippen LogP contribution is 2.36. The number of aliphatic imine (C=N–C) groups is 1. The number of anilines is 1. The topological polar surface area (TPSA) is 140 Å². The molecule has 1 aliphatic heterocycles. The second kappa shape index (κ2) is 13.3. The van der Waals surface area contributed by atoms with Gasteiger partial charge in [0.25, 0.3) is 5.91 Å². The van der Waals surface area contributed by atoms with Gasteiger partial charge in [0.1, 0.15) is 17.1 Å². The van der Waals surface area contributed by atoms with Crippen molar-refractivity contribution in [3.8, 4) is 11.5 Å². The maximum Gasteiger partial charge on any atom is 0.407 e. The molecule has 2 atom stereocenters. The highest BCUT2D eigenvalue weighted by molar-refractivity contribution is 6.14. The lowest BCUT2D eigenvalue weighted by Gasteiger charge is -2.34. The number of alkyl carbamates (subject to hydrolysis) is 1. The number of aromatic nitrogens is 1. The Bertz CT molecular complexity index is 1420. The molecule has 0 radical (unpaired) electrons. The molecule has 2 aliphatic rings. The molecule has 0 saturated heterocycles. The molecule has 232 valence electrons. The summed E-state index contributed by atoms with van der Waals surface area (Å²) in [5, 5.41) is 6.17. The van der Waals surface area contributed by atoms with Crippen LogP contribution in [0.4, 0.5) is 15.0 Å². The van der Waals surface area contributed by atoms with Gasteiger partial charge >= 0.3 is 6.09 Å². The molecular formula is C31H41FN6O5. The molecule has 4 N–H and O–H groups in total. The third kappa shape index (κ3) is 7.18. The van der Waals surface area contributed by atoms with Crippen LogP contribution in [0.25, 0.3) is 5.57 Å². The normalized spacial score (nSPS) is 18.9. The minimum absolute atomic E-state index is 0.0165. The Hall–Kier alpha value is -4.35. The summed E-state index contributed by atoms with van der Waals surface area (Å²) in [4.78, 5) is 36.5. The van der Waals surface area contributed by atoms with Crippen LogP contribution < -0.4 is 25.8 Å². The number of fused-ring (bicyclic) bond motifs is 1. The lowest BCUT2D eigenvalue weighted by Crippen LogP contribution is -2.50. The van der Waals surface area contributed by atoms with Crippen molar-refractivity contribution in [2.24, 2.45) is 10.7 Å². The number of carbonyl (C=O) groups is 2. The number of halogens is 1. The molecule has 2 heterocycles. The third-order valence-electron chi connectivity index (χ3n) is 7.45. The number of hydrogen-bond donors (Lipinski definition) is 3. The van der Waals surface area contributed by atoms with E-state index < -0.39 is 17.5 Å². The zero-order valence-corrected chi connectivity index (χ0v) is 25.6. The molecule has 0 unspecified atom stereocenters. The van der Waals surface area contributed by atoms with Crippen molar-refractivity contribution >= 4 is 29.6 Å². The number of hydrogen-bond acceptors (Lipinski definition) is 9. The highest BCUT2D eigenvalue weighted by atomic mass is 19.1. The number of amides is 2. The predicted molar refractivity (Wildman–Crippen MR) is 163 cm³/mol. The van der Waals surface area contributed by atoms with E-state index in [9.17, 15) is 9.59 Å². The van der Waals surface area contributed by atoms with E-state index in [2.05, 4.69) is 20.6 Å². The largest absolute Gasteiger partial charge is 0.497 e. The number of benzene rings is 1. The summed E-state index contributed by atoms with van der Waals surface area (Å²) in [5.74, 6) is 0.140. The second-order valence-corrected chi connectivity index (χ2v) is 11.6. The van der Waals surface area contributed by atoms with Crippen molar-refractivity contribution in [1.29, 1.82) is 0 Å². The van der Waals surface area contributed by atoms with Crippen LogP contribution in [-0.2, 0) is 17.8 Å². The average molecular weight is 597 g/mol. The lowest BCUT2D eigenvalue weighted by molar-refractivity contribution is 0.0488. The summed E-state index contributed by atoms with van der Waals surface area (Å²) < 4.78 is 32.5. The first-order valence-electron chi connectivity index (χ1n) is 14.3. The van der Waals surface area contributed by atoms with Crippen LogP contribution in [-0.4, -0.2) is 67.1 Å². The quantitative estimate of drug-likeness (QED) is 0.356. The van der Waals surface area contributed by atoms with E-state index in [4.69, 9.17) is 19.9 Å². The first-order valence-corrected chi connectivity index (χ1v) is 14.3. The van der Waals surface area contributed by atoms with Crippen LogP contribution in [0.5, 0.6) is 11.5 Å². The number of allylic oxidation sites excluding steroid dienone is 1. The Morgan fingerprint density at radius 3 is 2.56 bits per heavy atom. The molecule has 11 nitrogen and oxygen atoms in total. The molecule has 0 bridgehead atoms. The van der Waals surface area contributed by atoms with Crippen LogP contribution in [0.3, 0.4) is 0 Å². The van der Waals surface area contributed by atoms with E-state index >= 15 is 4.39 Å². The van der Waals surface area contributed by atoms with Gasteiger partial charge in [0.2, 0.25) is 0 Å². The monoisotopic (exact) mass is 596 g/mol. The molecule has 1 fully saturated rings. The Balaban J connectivity index is 1.68. The fourth-order valence-electron chi connectivity index (χ4n) is 5.47. The average Bonchev–Trinajstić information content (AvgIpc) is 3.29. The van der Waals surface area contributed by atoms with E-state index in [1.165, 1.54) is 24.4 Å². The van der Waals surface area contributed by atoms with Crippen molar-refractivity contribution in [1.82, 2.24) is 15.2 Å². The SMILES string of the molecule is CN=C/C(=C\N)c1nc(N[C@@H]2CCCC[C@@H]2NC(=O)OC(C)(C)C)c(F)c2c1C(=O)N(Cc1ccc(OC)cc1OC)C2. The van der Waals surface area contributed by atoms with Crippen molar-refractivity contribution in [2.75, 3.05) is 26.6 Å². The van der Waals surface area contributed by atoms with Crippen molar-refractivity contribution < 1.29 is 28.2 Å². The standard InChI is InChI=1S/C31H41FN6O5/c1-31(2,3)43-30(40)36-23-10-8-7-9-22(23)35-28-26(32)21-17-38(16-18-11-12-20(41-5)13-24(18)42-6)29(39)25(21)27(37-28)19(14-33)15-34-4/h11-15,22-23H,7-10,16-17,33H2,1-6H3,(H,35,37)(H,36,40)/b19-14+,34-15?/t22-,23+/m1/s1. The van der Waals surface area contributed by atoms with Gasteiger partial charge in [0.05, 0.1) is 38.1 Å². The van der Waals surface area contributed by atoms with E-state index in [1.54, 1.807) is 47.1 Å². The number of ether oxygens (including phenoxy) is 3. The van der Waals surface area contributed by atoms with Crippen molar-refractivity contribution in [3.05, 3.63) is 52.6 Å². The molecular weight excluding hydrogens is 555 g/mol. The number of nitrogens with two attached hydrogens (primary N) is 1. The molecule has 0 spiro atoms. The summed E-state index contributed by atoms with van der Waals surface area (Å²) in [6.45, 7) is 5.59. The van der Waals surface area contributed by atoms with Gasteiger partial charge < -0.3 is 35.5 Å². The van der Waals surface area contributed by atoms with Gasteiger partial charge in [0.15, 0.2) is 11.6 Å². The minimum Gasteiger partial charge on any atom is -0.497 e. The van der Waals surface area contributed by atoms with Gasteiger partial charge in [0, 0.05) is 54.8 Å². The zero-order valence-electron chi connectivity index (χ0n) is 25.6. The van der Waals surface area contributed by atoms with Crippen LogP contribution >= 0.6 is 0 Å². The molecule has 2 amide bonds. The van der Waals surface area contributed by atoms with Gasteiger partial charge in [-0.25, -0.2) is 14.2 Å². The second-order valence-electron chi connectivity index (χ2n) is 11.6. The summed E-state index contributed by atoms with van der Waals surface area (Å²) in [6, 6.07) is 4.71. The molecule has 1 aromatic carbocycles. The molecule has 1 saturated carbocycles. The summed E-state index contributed by atoms with van der Waals surface area (Å²) in [7, 11) is 4.67. The smallest absolute Gasteiger partial charge is 0.407 e. The van der Waals surface area contributed by atoms with Crippen LogP contribution in [0, 0.1) is 5.82 Å². The van der Waals surface area contributed by atoms with E-state index in [-0.39, 0.29) is 53.7 Å². The summed E-state index contributed by atoms with van der Waals surface area (Å²) in [5.41, 5.74) is 6.98. The number of methoxy groups -OCH3 is 2. The number of carbonyl (C=O) groups excluding carboxylic acids is 2. The van der Waals surface area contributed by atoms with Crippen molar-refractivity contribution in [2.45, 2.75) is 77.2 Å².